The standard InChI is InChI=1S/C38H31ClN4O3/c39-27-14-19-33(37(45)41-23-26-9-5-4-8-25(26)20-30(41)22-40)36(21-27)42-24-34(32-12-6-7-13-35(32)42)38(46)43(28-10-2-1-3-11-28)29-15-17-31(44)18-16-29/h1-19,21,24,30,44H,20,22-23,40H2/t30-/m0/s1. The monoisotopic (exact) mass is 626 g/mol. The Morgan fingerprint density at radius 3 is 2.24 bits per heavy atom. The number of carbonyl (C=O) groups is 2. The number of nitrogens with zero attached hydrogens (tertiary/aromatic N) is 3. The van der Waals surface area contributed by atoms with Crippen LogP contribution in [0, 0.1) is 0 Å². The highest BCUT2D eigenvalue weighted by atomic mass is 35.5. The van der Waals surface area contributed by atoms with Crippen molar-refractivity contribution in [2.24, 2.45) is 5.73 Å². The van der Waals surface area contributed by atoms with Gasteiger partial charge in [0.2, 0.25) is 0 Å². The maximum atomic E-state index is 14.6. The summed E-state index contributed by atoms with van der Waals surface area (Å²) in [6, 6.07) is 36.7. The van der Waals surface area contributed by atoms with Crippen LogP contribution in [0.15, 0.2) is 128 Å². The maximum Gasteiger partial charge on any atom is 0.265 e. The summed E-state index contributed by atoms with van der Waals surface area (Å²) in [4.78, 5) is 32.4. The van der Waals surface area contributed by atoms with Crippen molar-refractivity contribution in [1.29, 1.82) is 0 Å². The van der Waals surface area contributed by atoms with Crippen molar-refractivity contribution in [2.75, 3.05) is 11.4 Å². The molecule has 0 radical (unpaired) electrons. The number of hydrogen-bond acceptors (Lipinski definition) is 4. The van der Waals surface area contributed by atoms with Gasteiger partial charge < -0.3 is 20.3 Å². The quantitative estimate of drug-likeness (QED) is 0.200. The summed E-state index contributed by atoms with van der Waals surface area (Å²) in [5, 5.41) is 11.1. The van der Waals surface area contributed by atoms with Crippen molar-refractivity contribution >= 4 is 45.7 Å². The average Bonchev–Trinajstić information content (AvgIpc) is 3.48. The topological polar surface area (TPSA) is 91.8 Å². The van der Waals surface area contributed by atoms with Crippen LogP contribution in [0.1, 0.15) is 31.8 Å². The number of aromatic nitrogens is 1. The molecule has 0 saturated carbocycles. The first-order valence-corrected chi connectivity index (χ1v) is 15.5. The molecule has 2 heterocycles. The number of rotatable bonds is 6. The Morgan fingerprint density at radius 1 is 0.804 bits per heavy atom. The third-order valence-corrected chi connectivity index (χ3v) is 8.84. The number of anilines is 2. The Hall–Kier alpha value is -5.37. The second-order valence-electron chi connectivity index (χ2n) is 11.4. The molecule has 228 valence electrons. The van der Waals surface area contributed by atoms with E-state index in [0.29, 0.717) is 52.7 Å². The van der Waals surface area contributed by atoms with Gasteiger partial charge in [0.25, 0.3) is 11.8 Å². The summed E-state index contributed by atoms with van der Waals surface area (Å²) in [5.41, 5.74) is 12.0. The Balaban J connectivity index is 1.35. The average molecular weight is 627 g/mol. The molecule has 7 nitrogen and oxygen atoms in total. The van der Waals surface area contributed by atoms with Gasteiger partial charge in [-0.05, 0) is 78.2 Å². The summed E-state index contributed by atoms with van der Waals surface area (Å²) in [7, 11) is 0. The summed E-state index contributed by atoms with van der Waals surface area (Å²) in [5.74, 6) is -0.317. The van der Waals surface area contributed by atoms with E-state index in [1.54, 1.807) is 53.6 Å². The van der Waals surface area contributed by atoms with Crippen LogP contribution >= 0.6 is 11.6 Å². The van der Waals surface area contributed by atoms with Gasteiger partial charge in [0, 0.05) is 47.1 Å². The lowest BCUT2D eigenvalue weighted by atomic mass is 9.93. The molecule has 1 aliphatic rings. The number of hydrogen-bond donors (Lipinski definition) is 2. The summed E-state index contributed by atoms with van der Waals surface area (Å²) in [6.45, 7) is 0.786. The van der Waals surface area contributed by atoms with Crippen LogP contribution in [0.4, 0.5) is 11.4 Å². The van der Waals surface area contributed by atoms with Crippen molar-refractivity contribution in [2.45, 2.75) is 19.0 Å². The molecule has 0 unspecified atom stereocenters. The van der Waals surface area contributed by atoms with E-state index in [2.05, 4.69) is 12.1 Å². The highest BCUT2D eigenvalue weighted by Gasteiger charge is 2.32. The van der Waals surface area contributed by atoms with Gasteiger partial charge in [-0.3, -0.25) is 14.5 Å². The molecular formula is C38H31ClN4O3. The molecule has 3 N–H and O–H groups in total. The molecular weight excluding hydrogens is 596 g/mol. The van der Waals surface area contributed by atoms with E-state index < -0.39 is 0 Å². The van der Waals surface area contributed by atoms with E-state index in [4.69, 9.17) is 17.3 Å². The van der Waals surface area contributed by atoms with Gasteiger partial charge >= 0.3 is 0 Å². The van der Waals surface area contributed by atoms with Gasteiger partial charge in [0.05, 0.1) is 22.3 Å². The highest BCUT2D eigenvalue weighted by molar-refractivity contribution is 6.31. The molecule has 1 atom stereocenters. The van der Waals surface area contributed by atoms with Crippen LogP contribution in [0.25, 0.3) is 16.6 Å². The van der Waals surface area contributed by atoms with E-state index in [1.165, 1.54) is 5.56 Å². The van der Waals surface area contributed by atoms with Gasteiger partial charge in [-0.25, -0.2) is 0 Å². The smallest absolute Gasteiger partial charge is 0.265 e. The lowest BCUT2D eigenvalue weighted by Crippen LogP contribution is -2.48. The van der Waals surface area contributed by atoms with Crippen LogP contribution in [-0.4, -0.2) is 39.0 Å². The van der Waals surface area contributed by atoms with Crippen molar-refractivity contribution in [3.63, 3.8) is 0 Å². The third-order valence-electron chi connectivity index (χ3n) is 8.61. The zero-order chi connectivity index (χ0) is 31.8. The van der Waals surface area contributed by atoms with E-state index in [1.807, 2.05) is 76.2 Å². The number of fused-ring (bicyclic) bond motifs is 2. The number of nitrogens with two attached hydrogens (primary N) is 1. The molecule has 2 amide bonds. The Morgan fingerprint density at radius 2 is 1.48 bits per heavy atom. The summed E-state index contributed by atoms with van der Waals surface area (Å²) < 4.78 is 1.87. The van der Waals surface area contributed by atoms with Crippen LogP contribution in [0.2, 0.25) is 5.02 Å². The van der Waals surface area contributed by atoms with Crippen LogP contribution in [0.5, 0.6) is 5.75 Å². The van der Waals surface area contributed by atoms with E-state index in [0.717, 1.165) is 16.5 Å². The predicted molar refractivity (Wildman–Crippen MR) is 182 cm³/mol. The molecule has 0 spiro atoms. The zero-order valence-electron chi connectivity index (χ0n) is 24.9. The normalized spacial score (nSPS) is 14.2. The third kappa shape index (κ3) is 5.30. The number of amides is 2. The fraction of sp³-hybridized carbons (Fsp3) is 0.105. The maximum absolute atomic E-state index is 14.6. The molecule has 46 heavy (non-hydrogen) atoms. The number of benzene rings is 5. The first-order valence-electron chi connectivity index (χ1n) is 15.1. The first-order chi connectivity index (χ1) is 22.4. The van der Waals surface area contributed by atoms with Gasteiger partial charge in [0.1, 0.15) is 5.75 Å². The zero-order valence-corrected chi connectivity index (χ0v) is 25.6. The lowest BCUT2D eigenvalue weighted by molar-refractivity contribution is 0.0647. The van der Waals surface area contributed by atoms with Crippen molar-refractivity contribution in [1.82, 2.24) is 9.47 Å². The Labute approximate surface area is 271 Å². The van der Waals surface area contributed by atoms with Crippen molar-refractivity contribution < 1.29 is 14.7 Å². The van der Waals surface area contributed by atoms with E-state index in [9.17, 15) is 14.7 Å². The summed E-state index contributed by atoms with van der Waals surface area (Å²) in [6.07, 6.45) is 2.46. The second kappa shape index (κ2) is 12.2. The molecule has 1 aliphatic heterocycles. The molecule has 0 saturated heterocycles. The molecule has 0 aliphatic carbocycles. The van der Waals surface area contributed by atoms with Gasteiger partial charge in [-0.1, -0.05) is 72.3 Å². The Kier molecular flexibility index (Phi) is 7.78. The first kappa shape index (κ1) is 29.3. The minimum atomic E-state index is -0.266. The van der Waals surface area contributed by atoms with Crippen LogP contribution in [0.3, 0.4) is 0 Å². The second-order valence-corrected chi connectivity index (χ2v) is 11.8. The van der Waals surface area contributed by atoms with E-state index in [-0.39, 0.29) is 23.6 Å². The predicted octanol–water partition coefficient (Wildman–Crippen LogP) is 7.49. The highest BCUT2D eigenvalue weighted by Crippen LogP contribution is 2.35. The number of para-hydroxylation sites is 2. The number of halogens is 1. The number of aromatic hydroxyl groups is 1. The summed E-state index contributed by atoms with van der Waals surface area (Å²) >= 11 is 6.57. The van der Waals surface area contributed by atoms with Gasteiger partial charge in [-0.2, -0.15) is 0 Å². The molecule has 6 aromatic rings. The number of carbonyl (C=O) groups excluding carboxylic acids is 2. The van der Waals surface area contributed by atoms with Crippen LogP contribution in [-0.2, 0) is 13.0 Å². The largest absolute Gasteiger partial charge is 0.508 e. The van der Waals surface area contributed by atoms with Gasteiger partial charge in [-0.15, -0.1) is 0 Å². The molecule has 7 rings (SSSR count). The van der Waals surface area contributed by atoms with Crippen molar-refractivity contribution in [3.05, 3.63) is 155 Å². The number of phenols is 1. The SMILES string of the molecule is NC[C@@H]1Cc2ccccc2CN1C(=O)c1ccc(Cl)cc1-n1cc(C(=O)N(c2ccccc2)c2ccc(O)cc2)c2ccccc21. The van der Waals surface area contributed by atoms with Crippen molar-refractivity contribution in [3.8, 4) is 11.4 Å². The minimum absolute atomic E-state index is 0.105. The molecule has 0 fully saturated rings. The molecule has 0 bridgehead atoms. The lowest BCUT2D eigenvalue weighted by Gasteiger charge is -2.36. The fourth-order valence-corrected chi connectivity index (χ4v) is 6.47. The molecule has 5 aromatic carbocycles. The van der Waals surface area contributed by atoms with E-state index >= 15 is 0 Å². The minimum Gasteiger partial charge on any atom is -0.508 e. The molecule has 8 heteroatoms. The van der Waals surface area contributed by atoms with Crippen LogP contribution < -0.4 is 10.6 Å². The fourth-order valence-electron chi connectivity index (χ4n) is 6.31. The Bertz CT molecular complexity index is 2070. The number of phenolic OH excluding ortho intramolecular Hbond substituents is 1. The molecule has 1 aromatic heterocycles. The van der Waals surface area contributed by atoms with Gasteiger partial charge in [0.15, 0.2) is 0 Å².